The standard InChI is InChI=1S/C15H20O2/c1-10-5-4-6-11(2)9-14-13(8-7-10)12(3)15(16)17-14/h7,9,13-14H,3-6,8H2,1-2H3/b10-7+,11-9-/t13-,14+/m1/s1. The van der Waals surface area contributed by atoms with Gasteiger partial charge >= 0.3 is 5.97 Å². The van der Waals surface area contributed by atoms with E-state index in [1.165, 1.54) is 17.6 Å². The molecule has 0 aromatic rings. The van der Waals surface area contributed by atoms with Crippen molar-refractivity contribution >= 4 is 5.97 Å². The van der Waals surface area contributed by atoms with Crippen LogP contribution in [0.1, 0.15) is 39.5 Å². The summed E-state index contributed by atoms with van der Waals surface area (Å²) in [7, 11) is 0. The molecule has 0 saturated carbocycles. The monoisotopic (exact) mass is 232 g/mol. The van der Waals surface area contributed by atoms with Gasteiger partial charge in [-0.15, -0.1) is 0 Å². The summed E-state index contributed by atoms with van der Waals surface area (Å²) in [4.78, 5) is 11.6. The molecule has 1 saturated heterocycles. The lowest BCUT2D eigenvalue weighted by atomic mass is 9.89. The highest BCUT2D eigenvalue weighted by Gasteiger charge is 2.36. The highest BCUT2D eigenvalue weighted by atomic mass is 16.5. The second-order valence-electron chi connectivity index (χ2n) is 5.15. The van der Waals surface area contributed by atoms with E-state index in [1.54, 1.807) is 0 Å². The summed E-state index contributed by atoms with van der Waals surface area (Å²) in [6.07, 6.45) is 8.51. The SMILES string of the molecule is C=C1C(=O)O[C@H]2/C=C(/C)CCC/C(C)=C/C[C@H]12. The van der Waals surface area contributed by atoms with Gasteiger partial charge in [0.2, 0.25) is 0 Å². The van der Waals surface area contributed by atoms with Gasteiger partial charge in [-0.05, 0) is 45.6 Å². The lowest BCUT2D eigenvalue weighted by molar-refractivity contribution is -0.137. The maximum Gasteiger partial charge on any atom is 0.334 e. The highest BCUT2D eigenvalue weighted by Crippen LogP contribution is 2.33. The van der Waals surface area contributed by atoms with Crippen LogP contribution in [0.4, 0.5) is 0 Å². The van der Waals surface area contributed by atoms with E-state index in [9.17, 15) is 4.79 Å². The Balaban J connectivity index is 2.26. The number of fused-ring (bicyclic) bond motifs is 1. The molecule has 0 N–H and O–H groups in total. The first-order chi connectivity index (χ1) is 8.08. The van der Waals surface area contributed by atoms with Crippen LogP contribution in [-0.2, 0) is 9.53 Å². The predicted molar refractivity (Wildman–Crippen MR) is 68.5 cm³/mol. The molecule has 0 spiro atoms. The maximum absolute atomic E-state index is 11.6. The van der Waals surface area contributed by atoms with Gasteiger partial charge in [0.05, 0.1) is 0 Å². The fourth-order valence-electron chi connectivity index (χ4n) is 2.50. The molecule has 0 radical (unpaired) electrons. The van der Waals surface area contributed by atoms with Crippen LogP contribution in [0.3, 0.4) is 0 Å². The highest BCUT2D eigenvalue weighted by molar-refractivity contribution is 5.91. The third-order valence-corrected chi connectivity index (χ3v) is 3.66. The molecule has 2 heteroatoms. The molecule has 2 nitrogen and oxygen atoms in total. The van der Waals surface area contributed by atoms with Gasteiger partial charge in [-0.2, -0.15) is 0 Å². The van der Waals surface area contributed by atoms with Gasteiger partial charge in [0, 0.05) is 11.5 Å². The van der Waals surface area contributed by atoms with E-state index in [2.05, 4.69) is 32.6 Å². The molecule has 1 heterocycles. The van der Waals surface area contributed by atoms with Gasteiger partial charge in [-0.3, -0.25) is 0 Å². The number of rotatable bonds is 0. The summed E-state index contributed by atoms with van der Waals surface area (Å²) < 4.78 is 5.37. The molecule has 2 atom stereocenters. The summed E-state index contributed by atoms with van der Waals surface area (Å²) in [6.45, 7) is 8.14. The number of allylic oxidation sites excluding steroid dienone is 3. The average molecular weight is 232 g/mol. The van der Waals surface area contributed by atoms with E-state index >= 15 is 0 Å². The minimum absolute atomic E-state index is 0.0999. The van der Waals surface area contributed by atoms with Crippen molar-refractivity contribution in [3.8, 4) is 0 Å². The second-order valence-corrected chi connectivity index (χ2v) is 5.15. The van der Waals surface area contributed by atoms with Crippen LogP contribution < -0.4 is 0 Å². The fraction of sp³-hybridized carbons (Fsp3) is 0.533. The topological polar surface area (TPSA) is 26.3 Å². The molecule has 0 unspecified atom stereocenters. The van der Waals surface area contributed by atoms with Gasteiger partial charge in [0.25, 0.3) is 0 Å². The summed E-state index contributed by atoms with van der Waals surface area (Å²) in [6, 6.07) is 0. The second kappa shape index (κ2) is 4.91. The van der Waals surface area contributed by atoms with Crippen molar-refractivity contribution in [3.05, 3.63) is 35.5 Å². The van der Waals surface area contributed by atoms with Gasteiger partial charge in [0.1, 0.15) is 6.10 Å². The van der Waals surface area contributed by atoms with Crippen LogP contribution in [0.25, 0.3) is 0 Å². The Labute approximate surface area is 103 Å². The first kappa shape index (κ1) is 12.2. The molecule has 0 bridgehead atoms. The Bertz CT molecular complexity index is 401. The zero-order valence-electron chi connectivity index (χ0n) is 10.7. The van der Waals surface area contributed by atoms with E-state index in [4.69, 9.17) is 4.74 Å². The van der Waals surface area contributed by atoms with Crippen molar-refractivity contribution in [3.63, 3.8) is 0 Å². The zero-order valence-corrected chi connectivity index (χ0v) is 10.7. The van der Waals surface area contributed by atoms with Crippen LogP contribution in [0.15, 0.2) is 35.5 Å². The Morgan fingerprint density at radius 1 is 1.29 bits per heavy atom. The van der Waals surface area contributed by atoms with Gasteiger partial charge < -0.3 is 4.74 Å². The summed E-state index contributed by atoms with van der Waals surface area (Å²) >= 11 is 0. The Morgan fingerprint density at radius 2 is 2.00 bits per heavy atom. The van der Waals surface area contributed by atoms with Crippen molar-refractivity contribution in [2.45, 2.75) is 45.6 Å². The molecule has 0 aromatic heterocycles. The molecule has 0 amide bonds. The lowest BCUT2D eigenvalue weighted by Crippen LogP contribution is -2.14. The van der Waals surface area contributed by atoms with E-state index in [-0.39, 0.29) is 18.0 Å². The molecule has 0 aromatic carbocycles. The number of hydrogen-bond acceptors (Lipinski definition) is 2. The zero-order chi connectivity index (χ0) is 12.4. The summed E-state index contributed by atoms with van der Waals surface area (Å²) in [5, 5.41) is 0. The van der Waals surface area contributed by atoms with Crippen LogP contribution in [-0.4, -0.2) is 12.1 Å². The van der Waals surface area contributed by atoms with Crippen molar-refractivity contribution in [2.75, 3.05) is 0 Å². The molecule has 17 heavy (non-hydrogen) atoms. The molecular formula is C15H20O2. The largest absolute Gasteiger partial charge is 0.454 e. The predicted octanol–water partition coefficient (Wildman–Crippen LogP) is 3.55. The number of carbonyl (C=O) groups is 1. The van der Waals surface area contributed by atoms with E-state index < -0.39 is 0 Å². The van der Waals surface area contributed by atoms with Crippen molar-refractivity contribution in [1.82, 2.24) is 0 Å². The van der Waals surface area contributed by atoms with Crippen molar-refractivity contribution < 1.29 is 9.53 Å². The van der Waals surface area contributed by atoms with Crippen LogP contribution in [0, 0.1) is 5.92 Å². The van der Waals surface area contributed by atoms with Crippen molar-refractivity contribution in [2.24, 2.45) is 5.92 Å². The molecule has 1 fully saturated rings. The van der Waals surface area contributed by atoms with E-state index in [0.717, 1.165) is 19.3 Å². The van der Waals surface area contributed by atoms with Gasteiger partial charge in [-0.25, -0.2) is 4.79 Å². The molecular weight excluding hydrogens is 212 g/mol. The maximum atomic E-state index is 11.6. The van der Waals surface area contributed by atoms with Gasteiger partial charge in [-0.1, -0.05) is 23.8 Å². The molecule has 2 rings (SSSR count). The van der Waals surface area contributed by atoms with E-state index in [1.807, 2.05) is 0 Å². The molecule has 1 aliphatic heterocycles. The third kappa shape index (κ3) is 2.68. The number of carbonyl (C=O) groups excluding carboxylic acids is 1. The number of ether oxygens (including phenoxy) is 1. The van der Waals surface area contributed by atoms with Crippen LogP contribution >= 0.6 is 0 Å². The lowest BCUT2D eigenvalue weighted by Gasteiger charge is -2.16. The molecule has 2 aliphatic rings. The first-order valence-electron chi connectivity index (χ1n) is 6.30. The Hall–Kier alpha value is -1.31. The number of esters is 1. The van der Waals surface area contributed by atoms with Gasteiger partial charge in [0.15, 0.2) is 0 Å². The first-order valence-corrected chi connectivity index (χ1v) is 6.30. The minimum Gasteiger partial charge on any atom is -0.454 e. The summed E-state index contributed by atoms with van der Waals surface area (Å²) in [5.41, 5.74) is 3.35. The Kier molecular flexibility index (Phi) is 3.51. The quantitative estimate of drug-likeness (QED) is 0.363. The molecule has 1 aliphatic carbocycles. The normalized spacial score (nSPS) is 36.4. The molecule has 92 valence electrons. The summed E-state index contributed by atoms with van der Waals surface area (Å²) in [5.74, 6) is -0.0974. The Morgan fingerprint density at radius 3 is 2.76 bits per heavy atom. The smallest absolute Gasteiger partial charge is 0.334 e. The average Bonchev–Trinajstić information content (AvgIpc) is 2.52. The van der Waals surface area contributed by atoms with Crippen LogP contribution in [0.2, 0.25) is 0 Å². The van der Waals surface area contributed by atoms with Crippen LogP contribution in [0.5, 0.6) is 0 Å². The number of hydrogen-bond donors (Lipinski definition) is 0. The minimum atomic E-state index is -0.227. The fourth-order valence-corrected chi connectivity index (χ4v) is 2.50. The third-order valence-electron chi connectivity index (χ3n) is 3.66. The van der Waals surface area contributed by atoms with Crippen molar-refractivity contribution in [1.29, 1.82) is 0 Å². The van der Waals surface area contributed by atoms with E-state index in [0.29, 0.717) is 5.57 Å².